The lowest BCUT2D eigenvalue weighted by molar-refractivity contribution is -0.384. The van der Waals surface area contributed by atoms with Gasteiger partial charge in [0.25, 0.3) is 5.69 Å². The van der Waals surface area contributed by atoms with E-state index in [1.54, 1.807) is 18.2 Å². The van der Waals surface area contributed by atoms with Gasteiger partial charge < -0.3 is 5.73 Å². The summed E-state index contributed by atoms with van der Waals surface area (Å²) >= 11 is 6.00. The van der Waals surface area contributed by atoms with E-state index in [0.29, 0.717) is 16.1 Å². The molecular formula is C14H13ClN2O3S. The van der Waals surface area contributed by atoms with Gasteiger partial charge in [0.2, 0.25) is 0 Å². The fourth-order valence-electron chi connectivity index (χ4n) is 1.78. The zero-order valence-electron chi connectivity index (χ0n) is 11.2. The van der Waals surface area contributed by atoms with E-state index in [-0.39, 0.29) is 16.5 Å². The van der Waals surface area contributed by atoms with Crippen LogP contribution in [0.25, 0.3) is 0 Å². The number of nitro benzene ring substituents is 1. The molecule has 0 amide bonds. The molecule has 0 aliphatic heterocycles. The first-order valence-corrected chi connectivity index (χ1v) is 7.75. The standard InChI is InChI=1S/C14H13ClN2O3S/c1-9-6-12(4-5-14(9)16)21(20)8-10-2-3-11(17(18)19)7-13(10)15/h2-7H,8,16H2,1H3. The zero-order chi connectivity index (χ0) is 15.6. The summed E-state index contributed by atoms with van der Waals surface area (Å²) in [6.07, 6.45) is 0. The third-order valence-electron chi connectivity index (χ3n) is 3.04. The summed E-state index contributed by atoms with van der Waals surface area (Å²) in [5.74, 6) is 0.195. The number of hydrogen-bond donors (Lipinski definition) is 1. The molecule has 0 aromatic heterocycles. The maximum atomic E-state index is 12.3. The van der Waals surface area contributed by atoms with Gasteiger partial charge in [-0.15, -0.1) is 0 Å². The van der Waals surface area contributed by atoms with Crippen LogP contribution in [0.3, 0.4) is 0 Å². The second-order valence-electron chi connectivity index (χ2n) is 4.54. The lowest BCUT2D eigenvalue weighted by Gasteiger charge is -2.07. The lowest BCUT2D eigenvalue weighted by Crippen LogP contribution is -2.00. The van der Waals surface area contributed by atoms with Crippen LogP contribution in [0.4, 0.5) is 11.4 Å². The number of anilines is 1. The van der Waals surface area contributed by atoms with Crippen LogP contribution >= 0.6 is 11.6 Å². The van der Waals surface area contributed by atoms with Crippen molar-refractivity contribution in [3.8, 4) is 0 Å². The van der Waals surface area contributed by atoms with E-state index in [0.717, 1.165) is 5.56 Å². The van der Waals surface area contributed by atoms with E-state index in [4.69, 9.17) is 17.3 Å². The summed E-state index contributed by atoms with van der Waals surface area (Å²) < 4.78 is 12.3. The highest BCUT2D eigenvalue weighted by atomic mass is 35.5. The molecule has 5 nitrogen and oxygen atoms in total. The summed E-state index contributed by atoms with van der Waals surface area (Å²) in [5, 5.41) is 10.9. The Kier molecular flexibility index (Phi) is 4.59. The molecule has 0 saturated heterocycles. The maximum absolute atomic E-state index is 12.3. The molecule has 21 heavy (non-hydrogen) atoms. The summed E-state index contributed by atoms with van der Waals surface area (Å²) in [6, 6.07) is 9.33. The third kappa shape index (κ3) is 3.59. The van der Waals surface area contributed by atoms with Crippen molar-refractivity contribution in [1.82, 2.24) is 0 Å². The maximum Gasteiger partial charge on any atom is 0.270 e. The minimum absolute atomic E-state index is 0.0853. The number of nitrogens with two attached hydrogens (primary N) is 1. The van der Waals surface area contributed by atoms with Crippen LogP contribution in [0.15, 0.2) is 41.3 Å². The number of hydrogen-bond acceptors (Lipinski definition) is 4. The summed E-state index contributed by atoms with van der Waals surface area (Å²) in [7, 11) is -1.29. The molecule has 1 unspecified atom stereocenters. The topological polar surface area (TPSA) is 86.2 Å². The van der Waals surface area contributed by atoms with Gasteiger partial charge >= 0.3 is 0 Å². The minimum atomic E-state index is -1.29. The molecule has 0 aliphatic rings. The minimum Gasteiger partial charge on any atom is -0.399 e. The first kappa shape index (κ1) is 15.5. The second-order valence-corrected chi connectivity index (χ2v) is 6.40. The van der Waals surface area contributed by atoms with Crippen LogP contribution in [-0.2, 0) is 16.6 Å². The number of halogens is 1. The molecule has 7 heteroatoms. The number of nitro groups is 1. The second kappa shape index (κ2) is 6.24. The molecule has 2 aromatic carbocycles. The van der Waals surface area contributed by atoms with E-state index in [1.165, 1.54) is 18.2 Å². The van der Waals surface area contributed by atoms with Gasteiger partial charge in [0.15, 0.2) is 0 Å². The Morgan fingerprint density at radius 1 is 1.29 bits per heavy atom. The Hall–Kier alpha value is -1.92. The molecular weight excluding hydrogens is 312 g/mol. The van der Waals surface area contributed by atoms with Crippen LogP contribution in [0.2, 0.25) is 5.02 Å². The number of aryl methyl sites for hydroxylation is 1. The van der Waals surface area contributed by atoms with Crippen LogP contribution in [0.1, 0.15) is 11.1 Å². The van der Waals surface area contributed by atoms with Crippen molar-refractivity contribution in [1.29, 1.82) is 0 Å². The molecule has 2 rings (SSSR count). The highest BCUT2D eigenvalue weighted by Gasteiger charge is 2.13. The van der Waals surface area contributed by atoms with Crippen LogP contribution in [0, 0.1) is 17.0 Å². The molecule has 0 saturated carbocycles. The fraction of sp³-hybridized carbons (Fsp3) is 0.143. The number of rotatable bonds is 4. The SMILES string of the molecule is Cc1cc(S(=O)Cc2ccc([N+](=O)[O-])cc2Cl)ccc1N. The molecule has 2 aromatic rings. The van der Waals surface area contributed by atoms with E-state index >= 15 is 0 Å². The van der Waals surface area contributed by atoms with Gasteiger partial charge in [-0.1, -0.05) is 11.6 Å². The van der Waals surface area contributed by atoms with E-state index in [9.17, 15) is 14.3 Å². The van der Waals surface area contributed by atoms with E-state index < -0.39 is 15.7 Å². The largest absolute Gasteiger partial charge is 0.399 e. The molecule has 2 N–H and O–H groups in total. The average molecular weight is 325 g/mol. The van der Waals surface area contributed by atoms with Gasteiger partial charge in [0, 0.05) is 22.7 Å². The predicted octanol–water partition coefficient (Wildman–Crippen LogP) is 3.45. The summed E-state index contributed by atoms with van der Waals surface area (Å²) in [6.45, 7) is 1.84. The number of nitrogens with zero attached hydrogens (tertiary/aromatic N) is 1. The van der Waals surface area contributed by atoms with Crippen LogP contribution < -0.4 is 5.73 Å². The Labute approximate surface area is 129 Å². The Morgan fingerprint density at radius 3 is 2.57 bits per heavy atom. The molecule has 0 heterocycles. The molecule has 0 aliphatic carbocycles. The zero-order valence-corrected chi connectivity index (χ0v) is 12.8. The van der Waals surface area contributed by atoms with Crippen molar-refractivity contribution in [3.63, 3.8) is 0 Å². The van der Waals surface area contributed by atoms with Gasteiger partial charge in [-0.3, -0.25) is 14.3 Å². The quantitative estimate of drug-likeness (QED) is 0.530. The van der Waals surface area contributed by atoms with Crippen molar-refractivity contribution in [2.45, 2.75) is 17.6 Å². The van der Waals surface area contributed by atoms with Crippen molar-refractivity contribution in [2.75, 3.05) is 5.73 Å². The third-order valence-corrected chi connectivity index (χ3v) is 4.74. The van der Waals surface area contributed by atoms with Gasteiger partial charge in [-0.05, 0) is 42.3 Å². The molecule has 110 valence electrons. The molecule has 0 spiro atoms. The van der Waals surface area contributed by atoms with Crippen molar-refractivity contribution >= 4 is 33.8 Å². The van der Waals surface area contributed by atoms with Gasteiger partial charge in [-0.25, -0.2) is 0 Å². The molecule has 0 fully saturated rings. The first-order chi connectivity index (χ1) is 9.88. The summed E-state index contributed by atoms with van der Waals surface area (Å²) in [5.41, 5.74) is 7.75. The van der Waals surface area contributed by atoms with Crippen molar-refractivity contribution in [3.05, 3.63) is 62.7 Å². The lowest BCUT2D eigenvalue weighted by atomic mass is 10.2. The van der Waals surface area contributed by atoms with Gasteiger partial charge in [0.05, 0.1) is 26.5 Å². The van der Waals surface area contributed by atoms with Crippen molar-refractivity contribution < 1.29 is 9.13 Å². The highest BCUT2D eigenvalue weighted by molar-refractivity contribution is 7.84. The monoisotopic (exact) mass is 324 g/mol. The van der Waals surface area contributed by atoms with Gasteiger partial charge in [-0.2, -0.15) is 0 Å². The van der Waals surface area contributed by atoms with E-state index in [2.05, 4.69) is 0 Å². The first-order valence-electron chi connectivity index (χ1n) is 6.06. The van der Waals surface area contributed by atoms with Crippen molar-refractivity contribution in [2.24, 2.45) is 0 Å². The van der Waals surface area contributed by atoms with Gasteiger partial charge in [0.1, 0.15) is 0 Å². The van der Waals surface area contributed by atoms with Crippen LogP contribution in [-0.4, -0.2) is 9.13 Å². The normalized spacial score (nSPS) is 12.1. The molecule has 1 atom stereocenters. The number of non-ortho nitro benzene ring substituents is 1. The molecule has 0 bridgehead atoms. The fourth-order valence-corrected chi connectivity index (χ4v) is 3.33. The predicted molar refractivity (Wildman–Crippen MR) is 83.8 cm³/mol. The van der Waals surface area contributed by atoms with Crippen LogP contribution in [0.5, 0.6) is 0 Å². The number of benzene rings is 2. The van der Waals surface area contributed by atoms with E-state index in [1.807, 2.05) is 6.92 Å². The Morgan fingerprint density at radius 2 is 2.00 bits per heavy atom. The summed E-state index contributed by atoms with van der Waals surface area (Å²) in [4.78, 5) is 10.8. The smallest absolute Gasteiger partial charge is 0.270 e. The Balaban J connectivity index is 2.23. The molecule has 0 radical (unpaired) electrons. The highest BCUT2D eigenvalue weighted by Crippen LogP contribution is 2.25. The number of nitrogen functional groups attached to an aromatic ring is 1. The Bertz CT molecular complexity index is 734. The average Bonchev–Trinajstić information content (AvgIpc) is 2.43.